The minimum absolute atomic E-state index is 0. The number of carbonyl (C=O) groups excluding carboxylic acids is 2. The van der Waals surface area contributed by atoms with E-state index in [2.05, 4.69) is 10.3 Å². The van der Waals surface area contributed by atoms with Crippen LogP contribution in [-0.4, -0.2) is 23.5 Å². The predicted octanol–water partition coefficient (Wildman–Crippen LogP) is 2.47. The number of rotatable bonds is 6. The number of carbonyl (C=O) groups is 2. The van der Waals surface area contributed by atoms with Crippen molar-refractivity contribution >= 4 is 24.3 Å². The van der Waals surface area contributed by atoms with E-state index >= 15 is 0 Å². The van der Waals surface area contributed by atoms with Crippen LogP contribution in [0.25, 0.3) is 0 Å². The molecule has 6 heteroatoms. The second kappa shape index (κ2) is 9.58. The lowest BCUT2D eigenvalue weighted by Gasteiger charge is -2.17. The van der Waals surface area contributed by atoms with Gasteiger partial charge in [0, 0.05) is 13.1 Å². The maximum Gasteiger partial charge on any atom is 0.302 e. The number of pyridine rings is 1. The fourth-order valence-corrected chi connectivity index (χ4v) is 2.01. The normalized spacial score (nSPS) is 11.0. The molecule has 1 amide bonds. The standard InChI is InChI=1S/C17H18N2O3.ClH/c1-13(20)22-12-16(14-7-3-2-4-8-14)17(21)19-11-15-9-5-6-10-18-15;/h2-10,16H,11-12H2,1H3,(H,19,21);1H. The van der Waals surface area contributed by atoms with Crippen molar-refractivity contribution in [2.75, 3.05) is 6.61 Å². The third kappa shape index (κ3) is 6.08. The molecule has 0 saturated heterocycles. The van der Waals surface area contributed by atoms with Gasteiger partial charge in [0.1, 0.15) is 6.61 Å². The van der Waals surface area contributed by atoms with Crippen molar-refractivity contribution in [1.29, 1.82) is 0 Å². The van der Waals surface area contributed by atoms with Crippen LogP contribution in [0.2, 0.25) is 0 Å². The van der Waals surface area contributed by atoms with E-state index in [0.717, 1.165) is 11.3 Å². The van der Waals surface area contributed by atoms with Crippen molar-refractivity contribution in [3.05, 3.63) is 66.0 Å². The minimum Gasteiger partial charge on any atom is -0.465 e. The van der Waals surface area contributed by atoms with Crippen LogP contribution in [0.4, 0.5) is 0 Å². The van der Waals surface area contributed by atoms with Gasteiger partial charge < -0.3 is 10.1 Å². The maximum atomic E-state index is 12.4. The third-order valence-corrected chi connectivity index (χ3v) is 3.14. The number of nitrogens with zero attached hydrogens (tertiary/aromatic N) is 1. The predicted molar refractivity (Wildman–Crippen MR) is 89.1 cm³/mol. The SMILES string of the molecule is CC(=O)OCC(C(=O)NCc1ccccn1)c1ccccc1.Cl. The summed E-state index contributed by atoms with van der Waals surface area (Å²) in [6.07, 6.45) is 1.68. The smallest absolute Gasteiger partial charge is 0.302 e. The fourth-order valence-electron chi connectivity index (χ4n) is 2.01. The summed E-state index contributed by atoms with van der Waals surface area (Å²) in [6, 6.07) is 14.8. The van der Waals surface area contributed by atoms with E-state index in [9.17, 15) is 9.59 Å². The summed E-state index contributed by atoms with van der Waals surface area (Å²) in [4.78, 5) is 27.6. The van der Waals surface area contributed by atoms with E-state index in [1.807, 2.05) is 48.5 Å². The molecule has 0 aliphatic carbocycles. The first-order chi connectivity index (χ1) is 10.7. The highest BCUT2D eigenvalue weighted by Gasteiger charge is 2.21. The minimum atomic E-state index is -0.534. The van der Waals surface area contributed by atoms with Crippen molar-refractivity contribution < 1.29 is 14.3 Å². The quantitative estimate of drug-likeness (QED) is 0.824. The van der Waals surface area contributed by atoms with Crippen LogP contribution in [-0.2, 0) is 20.9 Å². The van der Waals surface area contributed by atoms with E-state index in [-0.39, 0.29) is 24.9 Å². The van der Waals surface area contributed by atoms with Crippen molar-refractivity contribution in [3.8, 4) is 0 Å². The number of hydrogen-bond donors (Lipinski definition) is 1. The number of ether oxygens (including phenoxy) is 1. The van der Waals surface area contributed by atoms with Gasteiger partial charge in [0.25, 0.3) is 0 Å². The van der Waals surface area contributed by atoms with E-state index < -0.39 is 11.9 Å². The average Bonchev–Trinajstić information content (AvgIpc) is 2.55. The monoisotopic (exact) mass is 334 g/mol. The first-order valence-electron chi connectivity index (χ1n) is 7.02. The summed E-state index contributed by atoms with van der Waals surface area (Å²) >= 11 is 0. The molecule has 0 bridgehead atoms. The lowest BCUT2D eigenvalue weighted by molar-refractivity contribution is -0.142. The Labute approximate surface area is 141 Å². The van der Waals surface area contributed by atoms with E-state index in [1.54, 1.807) is 6.20 Å². The molecule has 1 atom stereocenters. The van der Waals surface area contributed by atoms with Crippen LogP contribution in [0.5, 0.6) is 0 Å². The second-order valence-electron chi connectivity index (χ2n) is 4.80. The highest BCUT2D eigenvalue weighted by molar-refractivity contribution is 5.85. The molecule has 5 nitrogen and oxygen atoms in total. The molecule has 1 aromatic heterocycles. The Morgan fingerprint density at radius 3 is 2.43 bits per heavy atom. The molecule has 0 spiro atoms. The van der Waals surface area contributed by atoms with Gasteiger partial charge in [0.05, 0.1) is 18.2 Å². The number of esters is 1. The Kier molecular flexibility index (Phi) is 7.77. The number of aromatic nitrogens is 1. The fraction of sp³-hybridized carbons (Fsp3) is 0.235. The van der Waals surface area contributed by atoms with E-state index in [1.165, 1.54) is 6.92 Å². The first kappa shape index (κ1) is 18.6. The molecule has 1 aromatic carbocycles. The van der Waals surface area contributed by atoms with Gasteiger partial charge in [-0.1, -0.05) is 36.4 Å². The Balaban J connectivity index is 0.00000264. The highest BCUT2D eigenvalue weighted by atomic mass is 35.5. The lowest BCUT2D eigenvalue weighted by atomic mass is 9.99. The zero-order valence-corrected chi connectivity index (χ0v) is 13.6. The zero-order chi connectivity index (χ0) is 15.8. The Bertz CT molecular complexity index is 620. The number of halogens is 1. The highest BCUT2D eigenvalue weighted by Crippen LogP contribution is 2.16. The van der Waals surface area contributed by atoms with Crippen LogP contribution in [0.1, 0.15) is 24.1 Å². The molecule has 2 aromatic rings. The van der Waals surface area contributed by atoms with E-state index in [0.29, 0.717) is 6.54 Å². The van der Waals surface area contributed by atoms with Gasteiger partial charge in [0.15, 0.2) is 0 Å². The summed E-state index contributed by atoms with van der Waals surface area (Å²) in [5.41, 5.74) is 1.58. The van der Waals surface area contributed by atoms with Gasteiger partial charge in [-0.3, -0.25) is 14.6 Å². The molecule has 0 aliphatic heterocycles. The molecule has 0 saturated carbocycles. The molecule has 0 aliphatic rings. The summed E-state index contributed by atoms with van der Waals surface area (Å²) in [7, 11) is 0. The number of hydrogen-bond acceptors (Lipinski definition) is 4. The van der Waals surface area contributed by atoms with Crippen LogP contribution < -0.4 is 5.32 Å². The second-order valence-corrected chi connectivity index (χ2v) is 4.80. The summed E-state index contributed by atoms with van der Waals surface area (Å²) in [6.45, 7) is 1.68. The van der Waals surface area contributed by atoms with Crippen LogP contribution >= 0.6 is 12.4 Å². The van der Waals surface area contributed by atoms with Gasteiger partial charge in [-0.15, -0.1) is 12.4 Å². The molecule has 1 N–H and O–H groups in total. The molecule has 122 valence electrons. The van der Waals surface area contributed by atoms with Crippen molar-refractivity contribution in [2.24, 2.45) is 0 Å². The molecule has 0 radical (unpaired) electrons. The largest absolute Gasteiger partial charge is 0.465 e. The van der Waals surface area contributed by atoms with Gasteiger partial charge in [-0.25, -0.2) is 0 Å². The Morgan fingerprint density at radius 2 is 1.83 bits per heavy atom. The van der Waals surface area contributed by atoms with Gasteiger partial charge >= 0.3 is 5.97 Å². The van der Waals surface area contributed by atoms with Crippen molar-refractivity contribution in [3.63, 3.8) is 0 Å². The summed E-state index contributed by atoms with van der Waals surface area (Å²) in [5.74, 6) is -1.13. The first-order valence-corrected chi connectivity index (χ1v) is 7.02. The van der Waals surface area contributed by atoms with Gasteiger partial charge in [-0.2, -0.15) is 0 Å². The van der Waals surface area contributed by atoms with Crippen molar-refractivity contribution in [1.82, 2.24) is 10.3 Å². The average molecular weight is 335 g/mol. The molecular formula is C17H19ClN2O3. The van der Waals surface area contributed by atoms with Crippen molar-refractivity contribution in [2.45, 2.75) is 19.4 Å². The lowest BCUT2D eigenvalue weighted by Crippen LogP contribution is -2.32. The Hall–Kier alpha value is -2.40. The topological polar surface area (TPSA) is 68.3 Å². The molecule has 2 rings (SSSR count). The summed E-state index contributed by atoms with van der Waals surface area (Å²) in [5, 5.41) is 2.83. The molecule has 1 unspecified atom stereocenters. The van der Waals surface area contributed by atoms with Gasteiger partial charge in [-0.05, 0) is 17.7 Å². The zero-order valence-electron chi connectivity index (χ0n) is 12.8. The molecule has 0 fully saturated rings. The third-order valence-electron chi connectivity index (χ3n) is 3.14. The van der Waals surface area contributed by atoms with Crippen LogP contribution in [0.3, 0.4) is 0 Å². The Morgan fingerprint density at radius 1 is 1.13 bits per heavy atom. The van der Waals surface area contributed by atoms with Crippen LogP contribution in [0, 0.1) is 0 Å². The van der Waals surface area contributed by atoms with E-state index in [4.69, 9.17) is 4.74 Å². The number of nitrogens with one attached hydrogen (secondary N) is 1. The van der Waals surface area contributed by atoms with Gasteiger partial charge in [0.2, 0.25) is 5.91 Å². The summed E-state index contributed by atoms with van der Waals surface area (Å²) < 4.78 is 5.02. The number of amides is 1. The number of benzene rings is 1. The maximum absolute atomic E-state index is 12.4. The van der Waals surface area contributed by atoms with Crippen LogP contribution in [0.15, 0.2) is 54.7 Å². The molecule has 1 heterocycles. The molecular weight excluding hydrogens is 316 g/mol. The molecule has 23 heavy (non-hydrogen) atoms.